The molecule has 1 amide bonds. The molecular weight excluding hydrogens is 230 g/mol. The van der Waals surface area contributed by atoms with E-state index in [4.69, 9.17) is 10.9 Å². The molecule has 0 radical (unpaired) electrons. The number of rotatable bonds is 3. The summed E-state index contributed by atoms with van der Waals surface area (Å²) in [5.74, 6) is -0.133. The van der Waals surface area contributed by atoms with Crippen molar-refractivity contribution in [3.63, 3.8) is 0 Å². The molecule has 0 heterocycles. The fourth-order valence-electron chi connectivity index (χ4n) is 1.63. The second-order valence-corrected chi connectivity index (χ2v) is 4.36. The molecule has 1 aromatic rings. The zero-order valence-electron chi connectivity index (χ0n) is 11.1. The number of likely N-dealkylation sites (N-methyl/N-ethyl adjacent to an activating group) is 1. The van der Waals surface area contributed by atoms with Crippen molar-refractivity contribution in [3.8, 4) is 0 Å². The summed E-state index contributed by atoms with van der Waals surface area (Å²) in [6, 6.07) is 5.12. The van der Waals surface area contributed by atoms with Crippen molar-refractivity contribution in [1.82, 2.24) is 4.90 Å². The van der Waals surface area contributed by atoms with Crippen molar-refractivity contribution in [3.05, 3.63) is 34.9 Å². The first kappa shape index (κ1) is 14.0. The van der Waals surface area contributed by atoms with Gasteiger partial charge >= 0.3 is 0 Å². The number of nitrogens with zero attached hydrogens (tertiary/aromatic N) is 2. The van der Waals surface area contributed by atoms with E-state index in [9.17, 15) is 4.79 Å². The first-order valence-electron chi connectivity index (χ1n) is 5.71. The first-order chi connectivity index (χ1) is 8.40. The van der Waals surface area contributed by atoms with Gasteiger partial charge in [0.05, 0.1) is 6.04 Å². The molecule has 0 spiro atoms. The third-order valence-electron chi connectivity index (χ3n) is 3.28. The molecule has 0 aliphatic heterocycles. The van der Waals surface area contributed by atoms with Crippen LogP contribution in [-0.2, 0) is 0 Å². The predicted octanol–water partition coefficient (Wildman–Crippen LogP) is 1.51. The standard InChI is InChI=1S/C13H19N3O2/c1-8-6-5-7-11(9(8)2)13(17)16(4)10(3)12(14)15-18/h5-7,10,18H,1-4H3,(H2,14,15). The van der Waals surface area contributed by atoms with Gasteiger partial charge in [0.2, 0.25) is 0 Å². The lowest BCUT2D eigenvalue weighted by molar-refractivity contribution is 0.0775. The zero-order valence-corrected chi connectivity index (χ0v) is 11.1. The monoisotopic (exact) mass is 249 g/mol. The zero-order chi connectivity index (χ0) is 13.9. The summed E-state index contributed by atoms with van der Waals surface area (Å²) in [6.45, 7) is 5.57. The number of aryl methyl sites for hydroxylation is 1. The van der Waals surface area contributed by atoms with E-state index in [1.165, 1.54) is 4.90 Å². The van der Waals surface area contributed by atoms with E-state index in [0.29, 0.717) is 5.56 Å². The van der Waals surface area contributed by atoms with Crippen molar-refractivity contribution in [2.45, 2.75) is 26.8 Å². The van der Waals surface area contributed by atoms with Gasteiger partial charge in [-0.15, -0.1) is 0 Å². The minimum Gasteiger partial charge on any atom is -0.409 e. The Balaban J connectivity index is 3.04. The lowest BCUT2D eigenvalue weighted by Crippen LogP contribution is -2.44. The van der Waals surface area contributed by atoms with Gasteiger partial charge in [-0.2, -0.15) is 0 Å². The van der Waals surface area contributed by atoms with Crippen LogP contribution in [0.5, 0.6) is 0 Å². The highest BCUT2D eigenvalue weighted by molar-refractivity contribution is 5.99. The van der Waals surface area contributed by atoms with Crippen LogP contribution in [0.4, 0.5) is 0 Å². The van der Waals surface area contributed by atoms with E-state index < -0.39 is 6.04 Å². The van der Waals surface area contributed by atoms with E-state index in [1.54, 1.807) is 20.0 Å². The van der Waals surface area contributed by atoms with Crippen molar-refractivity contribution >= 4 is 11.7 Å². The molecule has 0 aromatic heterocycles. The molecule has 0 saturated carbocycles. The van der Waals surface area contributed by atoms with Crippen LogP contribution in [0, 0.1) is 13.8 Å². The molecule has 0 aliphatic carbocycles. The van der Waals surface area contributed by atoms with Crippen LogP contribution in [-0.4, -0.2) is 34.9 Å². The Bertz CT molecular complexity index is 483. The maximum absolute atomic E-state index is 12.3. The van der Waals surface area contributed by atoms with Crippen molar-refractivity contribution in [2.24, 2.45) is 10.9 Å². The van der Waals surface area contributed by atoms with Crippen molar-refractivity contribution < 1.29 is 10.0 Å². The highest BCUT2D eigenvalue weighted by Crippen LogP contribution is 2.15. The van der Waals surface area contributed by atoms with Gasteiger partial charge in [-0.1, -0.05) is 17.3 Å². The van der Waals surface area contributed by atoms with Crippen molar-refractivity contribution in [2.75, 3.05) is 7.05 Å². The van der Waals surface area contributed by atoms with E-state index in [0.717, 1.165) is 11.1 Å². The molecule has 5 nitrogen and oxygen atoms in total. The Morgan fingerprint density at radius 2 is 2.06 bits per heavy atom. The van der Waals surface area contributed by atoms with Crippen LogP contribution in [0.15, 0.2) is 23.4 Å². The number of hydrogen-bond donors (Lipinski definition) is 2. The highest BCUT2D eigenvalue weighted by Gasteiger charge is 2.22. The summed E-state index contributed by atoms with van der Waals surface area (Å²) in [5.41, 5.74) is 8.15. The van der Waals surface area contributed by atoms with Gasteiger partial charge in [0.1, 0.15) is 0 Å². The molecule has 5 heteroatoms. The third-order valence-corrected chi connectivity index (χ3v) is 3.28. The molecule has 0 bridgehead atoms. The predicted molar refractivity (Wildman–Crippen MR) is 70.9 cm³/mol. The molecule has 1 unspecified atom stereocenters. The summed E-state index contributed by atoms with van der Waals surface area (Å²) in [5, 5.41) is 11.6. The quantitative estimate of drug-likeness (QED) is 0.369. The van der Waals surface area contributed by atoms with E-state index in [1.807, 2.05) is 26.0 Å². The number of carbonyl (C=O) groups excluding carboxylic acids is 1. The molecule has 1 atom stereocenters. The van der Waals surface area contributed by atoms with Gasteiger partial charge < -0.3 is 15.8 Å². The topological polar surface area (TPSA) is 78.9 Å². The van der Waals surface area contributed by atoms with Gasteiger partial charge in [-0.05, 0) is 38.0 Å². The van der Waals surface area contributed by atoms with Gasteiger partial charge in [0, 0.05) is 12.6 Å². The number of amides is 1. The number of hydrogen-bond acceptors (Lipinski definition) is 3. The average Bonchev–Trinajstić information content (AvgIpc) is 2.38. The van der Waals surface area contributed by atoms with Gasteiger partial charge in [0.25, 0.3) is 5.91 Å². The SMILES string of the molecule is Cc1cccc(C(=O)N(C)C(C)C(N)=NO)c1C. The van der Waals surface area contributed by atoms with Gasteiger partial charge in [-0.25, -0.2) is 0 Å². The van der Waals surface area contributed by atoms with Crippen LogP contribution in [0.1, 0.15) is 28.4 Å². The maximum Gasteiger partial charge on any atom is 0.254 e. The van der Waals surface area contributed by atoms with Crippen molar-refractivity contribution in [1.29, 1.82) is 0 Å². The molecule has 3 N–H and O–H groups in total. The molecule has 18 heavy (non-hydrogen) atoms. The smallest absolute Gasteiger partial charge is 0.254 e. The number of carbonyl (C=O) groups is 1. The average molecular weight is 249 g/mol. The molecule has 98 valence electrons. The van der Waals surface area contributed by atoms with Crippen LogP contribution >= 0.6 is 0 Å². The minimum absolute atomic E-state index is 0.0103. The Labute approximate surface area is 107 Å². The second-order valence-electron chi connectivity index (χ2n) is 4.36. The lowest BCUT2D eigenvalue weighted by Gasteiger charge is -2.24. The largest absolute Gasteiger partial charge is 0.409 e. The second kappa shape index (κ2) is 5.53. The Morgan fingerprint density at radius 3 is 2.61 bits per heavy atom. The first-order valence-corrected chi connectivity index (χ1v) is 5.71. The Morgan fingerprint density at radius 1 is 1.44 bits per heavy atom. The Kier molecular flexibility index (Phi) is 4.31. The summed E-state index contributed by atoms with van der Waals surface area (Å²) in [7, 11) is 1.63. The summed E-state index contributed by atoms with van der Waals surface area (Å²) in [4.78, 5) is 13.8. The number of nitrogens with two attached hydrogens (primary N) is 1. The number of amidine groups is 1. The summed E-state index contributed by atoms with van der Waals surface area (Å²) >= 11 is 0. The van der Waals surface area contributed by atoms with Gasteiger partial charge in [0.15, 0.2) is 5.84 Å². The van der Waals surface area contributed by atoms with Gasteiger partial charge in [-0.3, -0.25) is 4.79 Å². The molecule has 1 rings (SSSR count). The van der Waals surface area contributed by atoms with E-state index in [-0.39, 0.29) is 11.7 Å². The normalized spacial score (nSPS) is 13.2. The molecule has 0 saturated heterocycles. The van der Waals surface area contributed by atoms with E-state index >= 15 is 0 Å². The summed E-state index contributed by atoms with van der Waals surface area (Å²) in [6.07, 6.45) is 0. The maximum atomic E-state index is 12.3. The number of benzene rings is 1. The lowest BCUT2D eigenvalue weighted by atomic mass is 10.0. The molecule has 0 aliphatic rings. The fourth-order valence-corrected chi connectivity index (χ4v) is 1.63. The van der Waals surface area contributed by atoms with Crippen LogP contribution in [0.2, 0.25) is 0 Å². The fraction of sp³-hybridized carbons (Fsp3) is 0.385. The van der Waals surface area contributed by atoms with Crippen LogP contribution in [0.3, 0.4) is 0 Å². The third kappa shape index (κ3) is 2.61. The van der Waals surface area contributed by atoms with Crippen LogP contribution < -0.4 is 5.73 Å². The molecular formula is C13H19N3O2. The van der Waals surface area contributed by atoms with E-state index in [2.05, 4.69) is 5.16 Å². The minimum atomic E-state index is -0.456. The molecule has 0 fully saturated rings. The highest BCUT2D eigenvalue weighted by atomic mass is 16.4. The molecule has 1 aromatic carbocycles. The summed E-state index contributed by atoms with van der Waals surface area (Å²) < 4.78 is 0. The van der Waals surface area contributed by atoms with Crippen LogP contribution in [0.25, 0.3) is 0 Å². The Hall–Kier alpha value is -2.04. The number of oxime groups is 1.